The molecular weight excluding hydrogens is 369 g/mol. The Morgan fingerprint density at radius 3 is 2.54 bits per heavy atom. The minimum atomic E-state index is -4.55. The van der Waals surface area contributed by atoms with Gasteiger partial charge in [0, 0.05) is 11.3 Å². The summed E-state index contributed by atoms with van der Waals surface area (Å²) >= 11 is 0. The van der Waals surface area contributed by atoms with Gasteiger partial charge in [-0.1, -0.05) is 36.4 Å². The standard InChI is InChI=1S/C21H13F3N2O2/c22-21(23,24)15-5-3-6-16(11-15)26-20(28)14(12-25)10-18-17-7-2-1-4-13(17)8-9-19(18)27/h1-11,27H,(H,26,28)/b14-10+. The number of aromatic hydroxyl groups is 1. The van der Waals surface area contributed by atoms with E-state index in [0.717, 1.165) is 23.6 Å². The molecule has 3 rings (SSSR count). The first-order chi connectivity index (χ1) is 13.3. The Hall–Kier alpha value is -3.79. The molecule has 0 fully saturated rings. The third-order valence-corrected chi connectivity index (χ3v) is 4.05. The van der Waals surface area contributed by atoms with Crippen LogP contribution in [0.4, 0.5) is 18.9 Å². The highest BCUT2D eigenvalue weighted by Crippen LogP contribution is 2.31. The van der Waals surface area contributed by atoms with Crippen LogP contribution in [0.2, 0.25) is 0 Å². The molecule has 0 aromatic heterocycles. The van der Waals surface area contributed by atoms with E-state index >= 15 is 0 Å². The molecule has 1 amide bonds. The lowest BCUT2D eigenvalue weighted by Gasteiger charge is -2.10. The Labute approximate surface area is 158 Å². The molecule has 0 saturated heterocycles. The van der Waals surface area contributed by atoms with Crippen LogP contribution < -0.4 is 5.32 Å². The number of anilines is 1. The fourth-order valence-corrected chi connectivity index (χ4v) is 2.70. The molecule has 0 aliphatic carbocycles. The van der Waals surface area contributed by atoms with Crippen molar-refractivity contribution in [3.8, 4) is 11.8 Å². The summed E-state index contributed by atoms with van der Waals surface area (Å²) in [6, 6.07) is 16.0. The molecule has 3 aromatic carbocycles. The summed E-state index contributed by atoms with van der Waals surface area (Å²) < 4.78 is 38.4. The first-order valence-corrected chi connectivity index (χ1v) is 8.11. The summed E-state index contributed by atoms with van der Waals surface area (Å²) in [4.78, 5) is 12.4. The Morgan fingerprint density at radius 2 is 1.82 bits per heavy atom. The van der Waals surface area contributed by atoms with Crippen molar-refractivity contribution < 1.29 is 23.1 Å². The van der Waals surface area contributed by atoms with E-state index in [-0.39, 0.29) is 22.6 Å². The van der Waals surface area contributed by atoms with Crippen molar-refractivity contribution in [3.63, 3.8) is 0 Å². The van der Waals surface area contributed by atoms with Crippen molar-refractivity contribution in [2.45, 2.75) is 6.18 Å². The number of carbonyl (C=O) groups excluding carboxylic acids is 1. The molecule has 0 atom stereocenters. The molecule has 140 valence electrons. The molecule has 0 heterocycles. The maximum atomic E-state index is 12.8. The fourth-order valence-electron chi connectivity index (χ4n) is 2.70. The second-order valence-electron chi connectivity index (χ2n) is 5.92. The van der Waals surface area contributed by atoms with Gasteiger partial charge in [0.2, 0.25) is 0 Å². The van der Waals surface area contributed by atoms with Gasteiger partial charge in [0.05, 0.1) is 5.56 Å². The first kappa shape index (κ1) is 19.0. The number of nitrogens with one attached hydrogen (secondary N) is 1. The van der Waals surface area contributed by atoms with E-state index in [4.69, 9.17) is 0 Å². The van der Waals surface area contributed by atoms with Crippen molar-refractivity contribution in [2.24, 2.45) is 0 Å². The molecule has 0 unspecified atom stereocenters. The molecular formula is C21H13F3N2O2. The molecule has 0 bridgehead atoms. The van der Waals surface area contributed by atoms with Gasteiger partial charge in [0.25, 0.3) is 5.91 Å². The van der Waals surface area contributed by atoms with Crippen LogP contribution in [-0.2, 0) is 11.0 Å². The van der Waals surface area contributed by atoms with Gasteiger partial charge in [-0.15, -0.1) is 0 Å². The van der Waals surface area contributed by atoms with Crippen LogP contribution in [-0.4, -0.2) is 11.0 Å². The van der Waals surface area contributed by atoms with Crippen LogP contribution in [0.25, 0.3) is 16.8 Å². The van der Waals surface area contributed by atoms with E-state index in [2.05, 4.69) is 5.32 Å². The van der Waals surface area contributed by atoms with Crippen molar-refractivity contribution in [1.29, 1.82) is 5.26 Å². The smallest absolute Gasteiger partial charge is 0.416 e. The van der Waals surface area contributed by atoms with Crippen molar-refractivity contribution in [3.05, 3.63) is 77.4 Å². The fraction of sp³-hybridized carbons (Fsp3) is 0.0476. The number of alkyl halides is 3. The van der Waals surface area contributed by atoms with Gasteiger partial charge in [-0.3, -0.25) is 4.79 Å². The van der Waals surface area contributed by atoms with E-state index < -0.39 is 17.6 Å². The second-order valence-corrected chi connectivity index (χ2v) is 5.92. The third-order valence-electron chi connectivity index (χ3n) is 4.05. The lowest BCUT2D eigenvalue weighted by atomic mass is 10.0. The normalized spacial score (nSPS) is 11.9. The second kappa shape index (κ2) is 7.45. The van der Waals surface area contributed by atoms with E-state index in [9.17, 15) is 28.3 Å². The number of hydrogen-bond donors (Lipinski definition) is 2. The van der Waals surface area contributed by atoms with E-state index in [0.29, 0.717) is 5.39 Å². The zero-order valence-electron chi connectivity index (χ0n) is 14.3. The monoisotopic (exact) mass is 382 g/mol. The van der Waals surface area contributed by atoms with Gasteiger partial charge in [0.15, 0.2) is 0 Å². The van der Waals surface area contributed by atoms with Crippen LogP contribution in [0.1, 0.15) is 11.1 Å². The number of phenols is 1. The van der Waals surface area contributed by atoms with Gasteiger partial charge in [-0.25, -0.2) is 0 Å². The molecule has 0 radical (unpaired) electrons. The third kappa shape index (κ3) is 3.96. The van der Waals surface area contributed by atoms with Crippen LogP contribution in [0.3, 0.4) is 0 Å². The van der Waals surface area contributed by atoms with Crippen LogP contribution in [0.5, 0.6) is 5.75 Å². The average Bonchev–Trinajstić information content (AvgIpc) is 2.67. The van der Waals surface area contributed by atoms with Crippen LogP contribution in [0, 0.1) is 11.3 Å². The summed E-state index contributed by atoms with van der Waals surface area (Å²) in [5, 5.41) is 23.2. The maximum absolute atomic E-state index is 12.8. The van der Waals surface area contributed by atoms with Crippen molar-refractivity contribution in [1.82, 2.24) is 0 Å². The van der Waals surface area contributed by atoms with Gasteiger partial charge in [-0.05, 0) is 41.1 Å². The van der Waals surface area contributed by atoms with Gasteiger partial charge in [-0.2, -0.15) is 18.4 Å². The number of nitrogens with zero attached hydrogens (tertiary/aromatic N) is 1. The molecule has 0 aliphatic heterocycles. The van der Waals surface area contributed by atoms with Gasteiger partial charge >= 0.3 is 6.18 Å². The molecule has 4 nitrogen and oxygen atoms in total. The van der Waals surface area contributed by atoms with Crippen LogP contribution >= 0.6 is 0 Å². The predicted octanol–water partition coefficient (Wildman–Crippen LogP) is 5.11. The number of phenolic OH excluding ortho intramolecular Hbond substituents is 1. The lowest BCUT2D eigenvalue weighted by molar-refractivity contribution is -0.137. The quantitative estimate of drug-likeness (QED) is 0.488. The number of hydrogen-bond acceptors (Lipinski definition) is 3. The minimum Gasteiger partial charge on any atom is -0.507 e. The lowest BCUT2D eigenvalue weighted by Crippen LogP contribution is -2.14. The summed E-state index contributed by atoms with van der Waals surface area (Å²) in [6.45, 7) is 0. The van der Waals surface area contributed by atoms with Gasteiger partial charge in [0.1, 0.15) is 17.4 Å². The topological polar surface area (TPSA) is 73.1 Å². The number of amides is 1. The molecule has 7 heteroatoms. The maximum Gasteiger partial charge on any atom is 0.416 e. The zero-order chi connectivity index (χ0) is 20.3. The summed E-state index contributed by atoms with van der Waals surface area (Å²) in [6.07, 6.45) is -3.34. The summed E-state index contributed by atoms with van der Waals surface area (Å²) in [5.41, 5.74) is -1.10. The van der Waals surface area contributed by atoms with E-state index in [1.54, 1.807) is 36.4 Å². The average molecular weight is 382 g/mol. The molecule has 0 saturated carbocycles. The molecule has 0 spiro atoms. The Morgan fingerprint density at radius 1 is 1.07 bits per heavy atom. The zero-order valence-corrected chi connectivity index (χ0v) is 14.3. The van der Waals surface area contributed by atoms with E-state index in [1.165, 1.54) is 18.2 Å². The number of rotatable bonds is 3. The number of nitriles is 1. The predicted molar refractivity (Wildman–Crippen MR) is 99.3 cm³/mol. The first-order valence-electron chi connectivity index (χ1n) is 8.11. The number of halogens is 3. The van der Waals surface area contributed by atoms with Crippen LogP contribution in [0.15, 0.2) is 66.2 Å². The molecule has 3 aromatic rings. The van der Waals surface area contributed by atoms with Gasteiger partial charge < -0.3 is 10.4 Å². The Kier molecular flexibility index (Phi) is 5.05. The number of benzene rings is 3. The SMILES string of the molecule is N#C/C(=C\c1c(O)ccc2ccccc12)C(=O)Nc1cccc(C(F)(F)F)c1. The highest BCUT2D eigenvalue weighted by molar-refractivity contribution is 6.11. The summed E-state index contributed by atoms with van der Waals surface area (Å²) in [5.74, 6) is -1.01. The Bertz CT molecular complexity index is 1130. The summed E-state index contributed by atoms with van der Waals surface area (Å²) in [7, 11) is 0. The Balaban J connectivity index is 1.96. The number of carbonyl (C=O) groups is 1. The number of fused-ring (bicyclic) bond motifs is 1. The molecule has 0 aliphatic rings. The highest BCUT2D eigenvalue weighted by atomic mass is 19.4. The van der Waals surface area contributed by atoms with Crippen molar-refractivity contribution in [2.75, 3.05) is 5.32 Å². The minimum absolute atomic E-state index is 0.0943. The molecule has 28 heavy (non-hydrogen) atoms. The molecule has 2 N–H and O–H groups in total. The highest BCUT2D eigenvalue weighted by Gasteiger charge is 2.30. The largest absolute Gasteiger partial charge is 0.507 e. The van der Waals surface area contributed by atoms with Crippen molar-refractivity contribution >= 4 is 28.4 Å². The van der Waals surface area contributed by atoms with E-state index in [1.807, 2.05) is 0 Å².